The highest BCUT2D eigenvalue weighted by atomic mass is 32.2. The number of hydrogen-bond donors (Lipinski definition) is 2. The van der Waals surface area contributed by atoms with Crippen molar-refractivity contribution in [1.29, 1.82) is 0 Å². The van der Waals surface area contributed by atoms with Crippen LogP contribution in [0.4, 0.5) is 5.69 Å². The summed E-state index contributed by atoms with van der Waals surface area (Å²) in [7, 11) is -3.46. The lowest BCUT2D eigenvalue weighted by atomic mass is 9.95. The van der Waals surface area contributed by atoms with Crippen LogP contribution >= 0.6 is 0 Å². The van der Waals surface area contributed by atoms with E-state index in [0.717, 1.165) is 29.7 Å². The third-order valence-corrected chi connectivity index (χ3v) is 7.19. The van der Waals surface area contributed by atoms with Gasteiger partial charge in [-0.2, -0.15) is 0 Å². The second-order valence-electron chi connectivity index (χ2n) is 7.98. The number of anilines is 1. The monoisotopic (exact) mass is 369 g/mol. The van der Waals surface area contributed by atoms with Crippen LogP contribution < -0.4 is 4.72 Å². The van der Waals surface area contributed by atoms with Gasteiger partial charge in [-0.15, -0.1) is 0 Å². The van der Waals surface area contributed by atoms with Crippen LogP contribution in [0.25, 0.3) is 11.0 Å². The van der Waals surface area contributed by atoms with E-state index < -0.39 is 14.8 Å². The number of hydrogen-bond acceptors (Lipinski definition) is 3. The number of aromatic nitrogens is 2. The second-order valence-corrected chi connectivity index (χ2v) is 10.4. The first-order valence-electron chi connectivity index (χ1n) is 8.79. The van der Waals surface area contributed by atoms with Crippen LogP contribution in [0.5, 0.6) is 0 Å². The van der Waals surface area contributed by atoms with Gasteiger partial charge in [0, 0.05) is 0 Å². The van der Waals surface area contributed by atoms with Crippen LogP contribution in [-0.4, -0.2) is 23.1 Å². The lowest BCUT2D eigenvalue weighted by molar-refractivity contribution is 0.566. The predicted molar refractivity (Wildman–Crippen MR) is 105 cm³/mol. The maximum absolute atomic E-state index is 12.4. The van der Waals surface area contributed by atoms with E-state index in [1.807, 2.05) is 18.2 Å². The third kappa shape index (κ3) is 2.78. The van der Waals surface area contributed by atoms with Crippen LogP contribution in [0.2, 0.25) is 0 Å². The Morgan fingerprint density at radius 3 is 2.38 bits per heavy atom. The van der Waals surface area contributed by atoms with Gasteiger partial charge in [0.1, 0.15) is 5.82 Å². The van der Waals surface area contributed by atoms with E-state index in [-0.39, 0.29) is 5.41 Å². The number of sulfonamides is 1. The first-order valence-corrected chi connectivity index (χ1v) is 10.3. The highest BCUT2D eigenvalue weighted by Crippen LogP contribution is 2.52. The Morgan fingerprint density at radius 2 is 1.77 bits per heavy atom. The van der Waals surface area contributed by atoms with E-state index in [4.69, 9.17) is 4.98 Å². The topological polar surface area (TPSA) is 74.8 Å². The highest BCUT2D eigenvalue weighted by molar-refractivity contribution is 7.94. The molecule has 2 aromatic carbocycles. The van der Waals surface area contributed by atoms with Crippen molar-refractivity contribution in [3.8, 4) is 0 Å². The van der Waals surface area contributed by atoms with Gasteiger partial charge in [0.15, 0.2) is 0 Å². The normalized spacial score (nSPS) is 16.6. The predicted octanol–water partition coefficient (Wildman–Crippen LogP) is 4.18. The zero-order valence-electron chi connectivity index (χ0n) is 15.2. The van der Waals surface area contributed by atoms with Gasteiger partial charge in [-0.3, -0.25) is 4.72 Å². The summed E-state index contributed by atoms with van der Waals surface area (Å²) in [4.78, 5) is 8.19. The van der Waals surface area contributed by atoms with Crippen molar-refractivity contribution in [3.05, 3.63) is 59.9 Å². The Labute approximate surface area is 153 Å². The maximum Gasteiger partial charge on any atom is 0.237 e. The lowest BCUT2D eigenvalue weighted by Crippen LogP contribution is -2.33. The van der Waals surface area contributed by atoms with Gasteiger partial charge in [0.05, 0.1) is 26.9 Å². The summed E-state index contributed by atoms with van der Waals surface area (Å²) in [5.41, 5.74) is 3.47. The molecule has 136 valence electrons. The largest absolute Gasteiger partial charge is 0.341 e. The van der Waals surface area contributed by atoms with Crippen LogP contribution in [-0.2, 0) is 15.4 Å². The average Bonchev–Trinajstić information content (AvgIpc) is 3.28. The lowest BCUT2D eigenvalue weighted by Gasteiger charge is -2.20. The number of aromatic amines is 1. The fourth-order valence-electron chi connectivity index (χ4n) is 3.15. The molecule has 4 rings (SSSR count). The number of H-pyrrole nitrogens is 1. The van der Waals surface area contributed by atoms with Crippen molar-refractivity contribution >= 4 is 26.7 Å². The van der Waals surface area contributed by atoms with Crippen molar-refractivity contribution in [2.45, 2.75) is 43.8 Å². The number of rotatable bonds is 4. The Morgan fingerprint density at radius 1 is 1.08 bits per heavy atom. The molecule has 0 spiro atoms. The van der Waals surface area contributed by atoms with E-state index in [1.54, 1.807) is 26.8 Å². The number of imidazole rings is 1. The minimum Gasteiger partial charge on any atom is -0.341 e. The molecule has 26 heavy (non-hydrogen) atoms. The van der Waals surface area contributed by atoms with Gasteiger partial charge >= 0.3 is 0 Å². The van der Waals surface area contributed by atoms with E-state index >= 15 is 0 Å². The molecule has 1 aliphatic rings. The molecular formula is C20H23N3O2S. The number of nitrogens with zero attached hydrogens (tertiary/aromatic N) is 1. The van der Waals surface area contributed by atoms with Gasteiger partial charge in [0.25, 0.3) is 0 Å². The molecule has 6 heteroatoms. The fraction of sp³-hybridized carbons (Fsp3) is 0.350. The molecule has 3 aromatic rings. The van der Waals surface area contributed by atoms with Gasteiger partial charge in [-0.05, 0) is 57.4 Å². The summed E-state index contributed by atoms with van der Waals surface area (Å²) in [6.45, 7) is 5.04. The minimum atomic E-state index is -3.46. The molecule has 0 bridgehead atoms. The summed E-state index contributed by atoms with van der Waals surface area (Å²) in [5, 5.41) is 0. The zero-order valence-corrected chi connectivity index (χ0v) is 16.0. The maximum atomic E-state index is 12.4. The smallest absolute Gasteiger partial charge is 0.237 e. The minimum absolute atomic E-state index is 0.0364. The SMILES string of the molecule is CC(C)(C)S(=O)(=O)Nc1ccc2nc(C3(c4ccccc4)CC3)[nH]c2c1. The standard InChI is InChI=1S/C20H23N3O2S/c1-19(2,3)26(24,25)23-15-9-10-16-17(13-15)22-18(21-16)20(11-12-20)14-7-5-4-6-8-14/h4-10,13,23H,11-12H2,1-3H3,(H,21,22). The van der Waals surface area contributed by atoms with Gasteiger partial charge in [-0.1, -0.05) is 30.3 Å². The van der Waals surface area contributed by atoms with E-state index in [1.165, 1.54) is 5.56 Å². The van der Waals surface area contributed by atoms with Gasteiger partial charge in [0.2, 0.25) is 10.0 Å². The molecule has 2 N–H and O–H groups in total. The van der Waals surface area contributed by atoms with Crippen LogP contribution in [0, 0.1) is 0 Å². The Balaban J connectivity index is 1.70. The van der Waals surface area contributed by atoms with Crippen LogP contribution in [0.3, 0.4) is 0 Å². The Bertz CT molecular complexity index is 1060. The van der Waals surface area contributed by atoms with Crippen molar-refractivity contribution in [2.24, 2.45) is 0 Å². The summed E-state index contributed by atoms with van der Waals surface area (Å²) < 4.78 is 26.6. The molecule has 5 nitrogen and oxygen atoms in total. The summed E-state index contributed by atoms with van der Waals surface area (Å²) in [6, 6.07) is 15.8. The number of benzene rings is 2. The summed E-state index contributed by atoms with van der Waals surface area (Å²) >= 11 is 0. The summed E-state index contributed by atoms with van der Waals surface area (Å²) in [6.07, 6.45) is 2.14. The van der Waals surface area contributed by atoms with Crippen molar-refractivity contribution in [3.63, 3.8) is 0 Å². The molecular weight excluding hydrogens is 346 g/mol. The molecule has 1 aliphatic carbocycles. The average molecular weight is 369 g/mol. The van der Waals surface area contributed by atoms with Crippen molar-refractivity contribution < 1.29 is 8.42 Å². The highest BCUT2D eigenvalue weighted by Gasteiger charge is 2.48. The molecule has 0 amide bonds. The molecule has 1 saturated carbocycles. The van der Waals surface area contributed by atoms with E-state index in [2.05, 4.69) is 34.0 Å². The quantitative estimate of drug-likeness (QED) is 0.724. The fourth-order valence-corrected chi connectivity index (χ4v) is 3.90. The summed E-state index contributed by atoms with van der Waals surface area (Å²) in [5.74, 6) is 0.953. The molecule has 1 fully saturated rings. The first kappa shape index (κ1) is 17.1. The van der Waals surface area contributed by atoms with Crippen LogP contribution in [0.15, 0.2) is 48.5 Å². The van der Waals surface area contributed by atoms with E-state index in [9.17, 15) is 8.42 Å². The molecule has 1 aromatic heterocycles. The molecule has 0 aliphatic heterocycles. The Hall–Kier alpha value is -2.34. The molecule has 0 atom stereocenters. The van der Waals surface area contributed by atoms with Gasteiger partial charge < -0.3 is 4.98 Å². The third-order valence-electron chi connectivity index (χ3n) is 5.07. The van der Waals surface area contributed by atoms with Crippen molar-refractivity contribution in [2.75, 3.05) is 4.72 Å². The Kier molecular flexibility index (Phi) is 3.67. The molecule has 0 saturated heterocycles. The zero-order chi connectivity index (χ0) is 18.6. The second kappa shape index (κ2) is 5.58. The number of nitrogens with one attached hydrogen (secondary N) is 2. The first-order chi connectivity index (χ1) is 12.2. The van der Waals surface area contributed by atoms with Crippen LogP contribution in [0.1, 0.15) is 45.0 Å². The van der Waals surface area contributed by atoms with E-state index in [0.29, 0.717) is 5.69 Å². The molecule has 0 unspecified atom stereocenters. The molecule has 1 heterocycles. The van der Waals surface area contributed by atoms with Crippen molar-refractivity contribution in [1.82, 2.24) is 9.97 Å². The molecule has 0 radical (unpaired) electrons. The number of fused-ring (bicyclic) bond motifs is 1. The van der Waals surface area contributed by atoms with Gasteiger partial charge in [-0.25, -0.2) is 13.4 Å².